The van der Waals surface area contributed by atoms with Crippen LogP contribution < -0.4 is 0 Å². The van der Waals surface area contributed by atoms with E-state index in [0.717, 1.165) is 38.8 Å². The van der Waals surface area contributed by atoms with Crippen molar-refractivity contribution in [3.8, 4) is 0 Å². The van der Waals surface area contributed by atoms with E-state index in [1.54, 1.807) is 51.3 Å². The van der Waals surface area contributed by atoms with Crippen LogP contribution in [0.15, 0.2) is 0 Å². The molecule has 4 aliphatic rings. The molecule has 4 amide bonds. The van der Waals surface area contributed by atoms with Gasteiger partial charge in [0.2, 0.25) is 11.8 Å². The fourth-order valence-corrected chi connectivity index (χ4v) is 5.29. The van der Waals surface area contributed by atoms with Crippen molar-refractivity contribution >= 4 is 29.8 Å². The third-order valence-corrected chi connectivity index (χ3v) is 7.08. The normalized spacial score (nSPS) is 25.2. The molecule has 0 aromatic heterocycles. The van der Waals surface area contributed by atoms with Gasteiger partial charge in [0.25, 0.3) is 0 Å². The van der Waals surface area contributed by atoms with E-state index in [1.807, 2.05) is 0 Å². The number of ketones is 1. The lowest BCUT2D eigenvalue weighted by atomic mass is 10.1. The molecule has 0 saturated carbocycles. The first-order valence-electron chi connectivity index (χ1n) is 14.3. The van der Waals surface area contributed by atoms with Gasteiger partial charge >= 0.3 is 12.2 Å². The fraction of sp³-hybridized carbons (Fsp3) is 0.821. The van der Waals surface area contributed by atoms with Crippen LogP contribution >= 0.6 is 0 Å². The average molecular weight is 567 g/mol. The molecular weight excluding hydrogens is 520 g/mol. The van der Waals surface area contributed by atoms with E-state index < -0.39 is 41.6 Å². The summed E-state index contributed by atoms with van der Waals surface area (Å²) in [6, 6.07) is -1.27. The second kappa shape index (κ2) is 12.7. The first-order valence-corrected chi connectivity index (χ1v) is 14.3. The van der Waals surface area contributed by atoms with E-state index in [0.29, 0.717) is 19.5 Å². The number of hydrogen-bond acceptors (Lipinski definition) is 8. The van der Waals surface area contributed by atoms with Gasteiger partial charge in [-0.15, -0.1) is 0 Å². The van der Waals surface area contributed by atoms with Crippen molar-refractivity contribution in [3.05, 3.63) is 0 Å². The number of nitrogens with zero attached hydrogens (tertiary/aromatic N) is 4. The Kier molecular flexibility index (Phi) is 10.1. The lowest BCUT2D eigenvalue weighted by Gasteiger charge is -2.29. The SMILES string of the molecule is CC(C)(C)OC(=O)N1CC(=O)C[C@H]1C(=O)N1CCCC1.CC(C)(C)OC(=O)N1C[C@H](O)C[C@H]1C(=O)N1CCCC1. The van der Waals surface area contributed by atoms with E-state index in [2.05, 4.69) is 0 Å². The predicted octanol–water partition coefficient (Wildman–Crippen LogP) is 2.17. The van der Waals surface area contributed by atoms with E-state index in [-0.39, 0.29) is 37.1 Å². The predicted molar refractivity (Wildman–Crippen MR) is 145 cm³/mol. The Balaban J connectivity index is 0.000000220. The fourth-order valence-electron chi connectivity index (χ4n) is 5.29. The molecule has 40 heavy (non-hydrogen) atoms. The molecule has 4 saturated heterocycles. The molecule has 226 valence electrons. The maximum absolute atomic E-state index is 12.4. The summed E-state index contributed by atoms with van der Waals surface area (Å²) in [5.41, 5.74) is -1.24. The van der Waals surface area contributed by atoms with Crippen LogP contribution in [-0.2, 0) is 23.9 Å². The van der Waals surface area contributed by atoms with Crippen LogP contribution in [0.5, 0.6) is 0 Å². The number of likely N-dealkylation sites (tertiary alicyclic amines) is 4. The van der Waals surface area contributed by atoms with Crippen molar-refractivity contribution in [1.82, 2.24) is 19.6 Å². The van der Waals surface area contributed by atoms with Gasteiger partial charge in [-0.05, 0) is 67.2 Å². The highest BCUT2D eigenvalue weighted by molar-refractivity contribution is 5.97. The number of aliphatic hydroxyl groups is 1. The summed E-state index contributed by atoms with van der Waals surface area (Å²) in [6.07, 6.45) is 2.63. The lowest BCUT2D eigenvalue weighted by molar-refractivity contribution is -0.135. The molecule has 4 heterocycles. The molecule has 0 aliphatic carbocycles. The van der Waals surface area contributed by atoms with Crippen molar-refractivity contribution < 1.29 is 38.6 Å². The average Bonchev–Trinajstić information content (AvgIpc) is 3.63. The van der Waals surface area contributed by atoms with Gasteiger partial charge < -0.3 is 24.4 Å². The molecule has 0 bridgehead atoms. The third kappa shape index (κ3) is 8.55. The monoisotopic (exact) mass is 566 g/mol. The van der Waals surface area contributed by atoms with Gasteiger partial charge in [-0.25, -0.2) is 9.59 Å². The molecule has 12 heteroatoms. The zero-order chi connectivity index (χ0) is 29.8. The molecule has 0 spiro atoms. The highest BCUT2D eigenvalue weighted by atomic mass is 16.6. The van der Waals surface area contributed by atoms with E-state index in [1.165, 1.54) is 9.80 Å². The standard InChI is InChI=1S/C14H24N2O4.C14H22N2O4/c2*1-14(2,3)20-13(19)16-9-10(17)8-11(16)12(18)15-6-4-5-7-15/h10-11,17H,4-9H2,1-3H3;11H,4-9H2,1-3H3/t10-,11+;11-/m10/s1. The Bertz CT molecular complexity index is 960. The maximum Gasteiger partial charge on any atom is 0.411 e. The molecule has 12 nitrogen and oxygen atoms in total. The minimum Gasteiger partial charge on any atom is -0.444 e. The second-order valence-electron chi connectivity index (χ2n) is 13.0. The van der Waals surface area contributed by atoms with Crippen LogP contribution in [0.4, 0.5) is 9.59 Å². The topological polar surface area (TPSA) is 137 Å². The summed E-state index contributed by atoms with van der Waals surface area (Å²) in [5, 5.41) is 9.79. The summed E-state index contributed by atoms with van der Waals surface area (Å²) >= 11 is 0. The minimum atomic E-state index is -0.685. The van der Waals surface area contributed by atoms with Crippen LogP contribution in [0.3, 0.4) is 0 Å². The zero-order valence-electron chi connectivity index (χ0n) is 24.8. The van der Waals surface area contributed by atoms with E-state index >= 15 is 0 Å². The van der Waals surface area contributed by atoms with Gasteiger partial charge in [0.1, 0.15) is 23.3 Å². The number of carbonyl (C=O) groups is 5. The highest BCUT2D eigenvalue weighted by Gasteiger charge is 2.44. The van der Waals surface area contributed by atoms with Gasteiger partial charge in [0.15, 0.2) is 5.78 Å². The van der Waals surface area contributed by atoms with Crippen LogP contribution in [0.2, 0.25) is 0 Å². The molecule has 0 unspecified atom stereocenters. The molecule has 3 atom stereocenters. The summed E-state index contributed by atoms with van der Waals surface area (Å²) in [5.74, 6) is -0.280. The van der Waals surface area contributed by atoms with E-state index in [9.17, 15) is 29.1 Å². The van der Waals surface area contributed by atoms with Gasteiger partial charge in [-0.2, -0.15) is 0 Å². The third-order valence-electron chi connectivity index (χ3n) is 7.08. The first kappa shape index (κ1) is 31.6. The molecular formula is C28H46N4O8. The van der Waals surface area contributed by atoms with Crippen molar-refractivity contribution in [2.45, 2.75) is 109 Å². The number of aliphatic hydroxyl groups excluding tert-OH is 1. The Morgan fingerprint density at radius 3 is 1.60 bits per heavy atom. The van der Waals surface area contributed by atoms with Crippen molar-refractivity contribution in [2.24, 2.45) is 0 Å². The number of ether oxygens (including phenoxy) is 2. The molecule has 1 N–H and O–H groups in total. The second-order valence-corrected chi connectivity index (χ2v) is 13.0. The van der Waals surface area contributed by atoms with Gasteiger partial charge in [0.05, 0.1) is 19.2 Å². The number of carbonyl (C=O) groups excluding carboxylic acids is 5. The first-order chi connectivity index (χ1) is 18.6. The molecule has 4 aliphatic heterocycles. The molecule has 4 rings (SSSR count). The van der Waals surface area contributed by atoms with Gasteiger partial charge in [-0.1, -0.05) is 0 Å². The summed E-state index contributed by atoms with van der Waals surface area (Å²) in [6.45, 7) is 13.7. The Labute approximate surface area is 236 Å². The molecule has 0 radical (unpaired) electrons. The van der Waals surface area contributed by atoms with Crippen LogP contribution in [-0.4, -0.2) is 123 Å². The van der Waals surface area contributed by atoms with Crippen molar-refractivity contribution in [1.29, 1.82) is 0 Å². The lowest BCUT2D eigenvalue weighted by Crippen LogP contribution is -2.48. The Hall–Kier alpha value is -2.89. The quantitative estimate of drug-likeness (QED) is 0.537. The number of hydrogen-bond donors (Lipinski definition) is 1. The van der Waals surface area contributed by atoms with Crippen LogP contribution in [0, 0.1) is 0 Å². The number of Topliss-reactive ketones (excluding diaryl/α,β-unsaturated/α-hetero) is 1. The minimum absolute atomic E-state index is 0.0286. The van der Waals surface area contributed by atoms with Crippen LogP contribution in [0.1, 0.15) is 80.1 Å². The van der Waals surface area contributed by atoms with Gasteiger partial charge in [0, 0.05) is 39.0 Å². The Morgan fingerprint density at radius 2 is 1.15 bits per heavy atom. The summed E-state index contributed by atoms with van der Waals surface area (Å²) in [4.78, 5) is 66.9. The number of β-amino-alcohol motifs (C(OH)–C–C–N with tert-alkyl or cyclic N) is 1. The van der Waals surface area contributed by atoms with Crippen molar-refractivity contribution in [2.75, 3.05) is 39.3 Å². The summed E-state index contributed by atoms with van der Waals surface area (Å²) in [7, 11) is 0. The molecule has 4 fully saturated rings. The molecule has 0 aromatic rings. The van der Waals surface area contributed by atoms with Gasteiger partial charge in [-0.3, -0.25) is 24.2 Å². The smallest absolute Gasteiger partial charge is 0.411 e. The molecule has 0 aromatic carbocycles. The number of amides is 4. The Morgan fingerprint density at radius 1 is 0.725 bits per heavy atom. The zero-order valence-corrected chi connectivity index (χ0v) is 24.8. The summed E-state index contributed by atoms with van der Waals surface area (Å²) < 4.78 is 10.6. The number of rotatable bonds is 2. The van der Waals surface area contributed by atoms with Crippen molar-refractivity contribution in [3.63, 3.8) is 0 Å². The highest BCUT2D eigenvalue weighted by Crippen LogP contribution is 2.25. The largest absolute Gasteiger partial charge is 0.444 e. The van der Waals surface area contributed by atoms with E-state index in [4.69, 9.17) is 9.47 Å². The maximum atomic E-state index is 12.4. The van der Waals surface area contributed by atoms with Crippen LogP contribution in [0.25, 0.3) is 0 Å².